The van der Waals surface area contributed by atoms with Crippen LogP contribution in [0.4, 0.5) is 5.13 Å². The number of nitrogens with one attached hydrogen (secondary N) is 1. The van der Waals surface area contributed by atoms with Crippen LogP contribution in [0.3, 0.4) is 0 Å². The molecule has 0 atom stereocenters. The van der Waals surface area contributed by atoms with E-state index in [9.17, 15) is 0 Å². The van der Waals surface area contributed by atoms with Gasteiger partial charge in [-0.05, 0) is 31.7 Å². The molecule has 0 spiro atoms. The van der Waals surface area contributed by atoms with Crippen LogP contribution in [0.15, 0.2) is 24.3 Å². The maximum Gasteiger partial charge on any atom is 0.205 e. The van der Waals surface area contributed by atoms with E-state index in [-0.39, 0.29) is 0 Å². The minimum atomic E-state index is 0.801. The van der Waals surface area contributed by atoms with Crippen LogP contribution in [0.5, 0.6) is 5.75 Å². The standard InChI is InChI=1S/C14H20N4OS/c1-4-15-14-17-16-13(20-14)10-18(2)9-11-5-7-12(19-3)8-6-11/h5-8H,4,9-10H2,1-3H3,(H,15,17). The van der Waals surface area contributed by atoms with Gasteiger partial charge >= 0.3 is 0 Å². The zero-order valence-electron chi connectivity index (χ0n) is 12.1. The third-order valence-corrected chi connectivity index (χ3v) is 3.68. The van der Waals surface area contributed by atoms with E-state index >= 15 is 0 Å². The molecule has 0 saturated carbocycles. The molecule has 2 rings (SSSR count). The first-order chi connectivity index (χ1) is 9.71. The van der Waals surface area contributed by atoms with E-state index in [4.69, 9.17) is 4.74 Å². The van der Waals surface area contributed by atoms with Gasteiger partial charge in [0.15, 0.2) is 0 Å². The van der Waals surface area contributed by atoms with Crippen molar-refractivity contribution in [2.45, 2.75) is 20.0 Å². The van der Waals surface area contributed by atoms with Crippen LogP contribution in [0.2, 0.25) is 0 Å². The Bertz CT molecular complexity index is 526. The molecular formula is C14H20N4OS. The Morgan fingerprint density at radius 1 is 1.20 bits per heavy atom. The van der Waals surface area contributed by atoms with Gasteiger partial charge in [-0.1, -0.05) is 23.5 Å². The summed E-state index contributed by atoms with van der Waals surface area (Å²) in [6.45, 7) is 4.60. The van der Waals surface area contributed by atoms with Crippen LogP contribution in [-0.2, 0) is 13.1 Å². The second-order valence-electron chi connectivity index (χ2n) is 4.55. The number of benzene rings is 1. The summed E-state index contributed by atoms with van der Waals surface area (Å²) >= 11 is 1.61. The number of anilines is 1. The van der Waals surface area contributed by atoms with E-state index in [1.807, 2.05) is 12.1 Å². The highest BCUT2D eigenvalue weighted by molar-refractivity contribution is 7.15. The predicted molar refractivity (Wildman–Crippen MR) is 82.2 cm³/mol. The summed E-state index contributed by atoms with van der Waals surface area (Å²) in [5.41, 5.74) is 1.25. The maximum atomic E-state index is 5.16. The van der Waals surface area contributed by atoms with Crippen LogP contribution in [0, 0.1) is 0 Å². The number of aromatic nitrogens is 2. The molecule has 0 amide bonds. The minimum absolute atomic E-state index is 0.801. The van der Waals surface area contributed by atoms with Gasteiger partial charge in [0.2, 0.25) is 5.13 Å². The van der Waals surface area contributed by atoms with Crippen LogP contribution in [0.25, 0.3) is 0 Å². The average molecular weight is 292 g/mol. The van der Waals surface area contributed by atoms with E-state index in [2.05, 4.69) is 46.5 Å². The van der Waals surface area contributed by atoms with Crippen LogP contribution < -0.4 is 10.1 Å². The molecule has 1 heterocycles. The molecule has 5 nitrogen and oxygen atoms in total. The van der Waals surface area contributed by atoms with Crippen molar-refractivity contribution in [3.8, 4) is 5.75 Å². The zero-order chi connectivity index (χ0) is 14.4. The first kappa shape index (κ1) is 14.7. The topological polar surface area (TPSA) is 50.3 Å². The van der Waals surface area contributed by atoms with Gasteiger partial charge < -0.3 is 10.1 Å². The van der Waals surface area contributed by atoms with Gasteiger partial charge in [-0.25, -0.2) is 0 Å². The highest BCUT2D eigenvalue weighted by Crippen LogP contribution is 2.18. The quantitative estimate of drug-likeness (QED) is 0.850. The number of rotatable bonds is 7. The molecule has 6 heteroatoms. The summed E-state index contributed by atoms with van der Waals surface area (Å²) < 4.78 is 5.16. The van der Waals surface area contributed by atoms with Crippen LogP contribution in [-0.4, -0.2) is 35.8 Å². The Morgan fingerprint density at radius 3 is 2.60 bits per heavy atom. The molecule has 0 fully saturated rings. The molecule has 0 aliphatic carbocycles. The summed E-state index contributed by atoms with van der Waals surface area (Å²) in [4.78, 5) is 2.22. The third kappa shape index (κ3) is 4.18. The Hall–Kier alpha value is -1.66. The summed E-state index contributed by atoms with van der Waals surface area (Å²) in [5, 5.41) is 13.4. The van der Waals surface area contributed by atoms with Crippen molar-refractivity contribution >= 4 is 16.5 Å². The SMILES string of the molecule is CCNc1nnc(CN(C)Cc2ccc(OC)cc2)s1. The molecule has 0 saturated heterocycles. The summed E-state index contributed by atoms with van der Waals surface area (Å²) in [6, 6.07) is 8.13. The fourth-order valence-electron chi connectivity index (χ4n) is 1.87. The largest absolute Gasteiger partial charge is 0.497 e. The van der Waals surface area contributed by atoms with Gasteiger partial charge in [-0.15, -0.1) is 10.2 Å². The van der Waals surface area contributed by atoms with Crippen molar-refractivity contribution in [1.29, 1.82) is 0 Å². The van der Waals surface area contributed by atoms with E-state index in [1.54, 1.807) is 18.4 Å². The molecule has 0 unspecified atom stereocenters. The van der Waals surface area contributed by atoms with Gasteiger partial charge in [0, 0.05) is 13.1 Å². The third-order valence-electron chi connectivity index (χ3n) is 2.81. The number of nitrogens with zero attached hydrogens (tertiary/aromatic N) is 3. The monoisotopic (exact) mass is 292 g/mol. The van der Waals surface area contributed by atoms with Crippen molar-refractivity contribution < 1.29 is 4.74 Å². The lowest BCUT2D eigenvalue weighted by Crippen LogP contribution is -2.17. The Balaban J connectivity index is 1.88. The van der Waals surface area contributed by atoms with E-state index < -0.39 is 0 Å². The maximum absolute atomic E-state index is 5.16. The van der Waals surface area contributed by atoms with Gasteiger partial charge in [-0.3, -0.25) is 4.90 Å². The Morgan fingerprint density at radius 2 is 1.95 bits per heavy atom. The van der Waals surface area contributed by atoms with Gasteiger partial charge in [0.05, 0.1) is 13.7 Å². The smallest absolute Gasteiger partial charge is 0.205 e. The van der Waals surface area contributed by atoms with Crippen molar-refractivity contribution in [3.05, 3.63) is 34.8 Å². The number of hydrogen-bond acceptors (Lipinski definition) is 6. The minimum Gasteiger partial charge on any atom is -0.497 e. The molecular weight excluding hydrogens is 272 g/mol. The van der Waals surface area contributed by atoms with Gasteiger partial charge in [-0.2, -0.15) is 0 Å². The highest BCUT2D eigenvalue weighted by Gasteiger charge is 2.07. The molecule has 0 bridgehead atoms. The molecule has 1 aromatic heterocycles. The van der Waals surface area contributed by atoms with Crippen molar-refractivity contribution in [2.75, 3.05) is 26.0 Å². The predicted octanol–water partition coefficient (Wildman–Crippen LogP) is 2.61. The Labute approximate surface area is 123 Å². The molecule has 0 aliphatic heterocycles. The van der Waals surface area contributed by atoms with Crippen molar-refractivity contribution in [2.24, 2.45) is 0 Å². The summed E-state index contributed by atoms with van der Waals surface area (Å²) in [5.74, 6) is 0.885. The van der Waals surface area contributed by atoms with Gasteiger partial charge in [0.1, 0.15) is 10.8 Å². The van der Waals surface area contributed by atoms with Crippen molar-refractivity contribution in [3.63, 3.8) is 0 Å². The van der Waals surface area contributed by atoms with Crippen LogP contribution >= 0.6 is 11.3 Å². The normalized spacial score (nSPS) is 10.8. The lowest BCUT2D eigenvalue weighted by atomic mass is 10.2. The molecule has 0 aliphatic rings. The first-order valence-electron chi connectivity index (χ1n) is 6.59. The number of hydrogen-bond donors (Lipinski definition) is 1. The van der Waals surface area contributed by atoms with Crippen LogP contribution in [0.1, 0.15) is 17.5 Å². The van der Waals surface area contributed by atoms with E-state index in [0.29, 0.717) is 0 Å². The number of methoxy groups -OCH3 is 1. The molecule has 2 aromatic rings. The summed E-state index contributed by atoms with van der Waals surface area (Å²) in [7, 11) is 3.76. The lowest BCUT2D eigenvalue weighted by Gasteiger charge is -2.14. The lowest BCUT2D eigenvalue weighted by molar-refractivity contribution is 0.317. The zero-order valence-corrected chi connectivity index (χ0v) is 12.9. The second-order valence-corrected chi connectivity index (χ2v) is 5.61. The molecule has 1 aromatic carbocycles. The first-order valence-corrected chi connectivity index (χ1v) is 7.40. The van der Waals surface area contributed by atoms with E-state index in [0.717, 1.165) is 35.5 Å². The highest BCUT2D eigenvalue weighted by atomic mass is 32.1. The fourth-order valence-corrected chi connectivity index (χ4v) is 2.76. The van der Waals surface area contributed by atoms with Gasteiger partial charge in [0.25, 0.3) is 0 Å². The van der Waals surface area contributed by atoms with E-state index in [1.165, 1.54) is 5.56 Å². The molecule has 108 valence electrons. The second kappa shape index (κ2) is 7.21. The Kier molecular flexibility index (Phi) is 5.31. The molecule has 1 N–H and O–H groups in total. The number of ether oxygens (including phenoxy) is 1. The fraction of sp³-hybridized carbons (Fsp3) is 0.429. The van der Waals surface area contributed by atoms with Crippen molar-refractivity contribution in [1.82, 2.24) is 15.1 Å². The molecule has 20 heavy (non-hydrogen) atoms. The molecule has 0 radical (unpaired) electrons. The summed E-state index contributed by atoms with van der Waals surface area (Å²) in [6.07, 6.45) is 0. The average Bonchev–Trinajstić information content (AvgIpc) is 2.87.